The third kappa shape index (κ3) is 8.72. The number of carbonyl (C=O) groups excluding carboxylic acids is 5. The zero-order valence-corrected chi connectivity index (χ0v) is 21.2. The van der Waals surface area contributed by atoms with E-state index in [9.17, 15) is 24.0 Å². The molecule has 1 saturated heterocycles. The number of benzene rings is 1. The highest BCUT2D eigenvalue weighted by atomic mass is 16.7. The van der Waals surface area contributed by atoms with Crippen molar-refractivity contribution in [2.75, 3.05) is 13.7 Å². The van der Waals surface area contributed by atoms with Crippen LogP contribution in [0.3, 0.4) is 0 Å². The van der Waals surface area contributed by atoms with Gasteiger partial charge < -0.3 is 38.5 Å². The Morgan fingerprint density at radius 2 is 1.54 bits per heavy atom. The molecular formula is C24H31NO12. The van der Waals surface area contributed by atoms with Crippen molar-refractivity contribution in [1.29, 1.82) is 0 Å². The van der Waals surface area contributed by atoms with E-state index in [1.807, 2.05) is 0 Å². The Hall–Kier alpha value is -3.71. The number of hydrogen-bond donors (Lipinski definition) is 1. The molecule has 13 nitrogen and oxygen atoms in total. The second-order valence-corrected chi connectivity index (χ2v) is 7.86. The number of nitrogens with one attached hydrogen (secondary N) is 1. The summed E-state index contributed by atoms with van der Waals surface area (Å²) in [6.45, 7) is 4.64. The van der Waals surface area contributed by atoms with Crippen molar-refractivity contribution in [3.8, 4) is 0 Å². The van der Waals surface area contributed by atoms with Crippen molar-refractivity contribution in [2.24, 2.45) is 0 Å². The standard InChI is InChI=1S/C24H31NO12/c1-6-32-22(29)17(25-24(30)33-12-16-10-8-7-9-11-16)18(34-13(2)26)19-20(35-14(3)27)21(36-15(4)28)23(31-5)37-19/h7-11,17-21,23H,6,12H2,1-5H3,(H,25,30)/t17-,18+,19+,20-,21-,23+/m0/s1. The molecule has 0 bridgehead atoms. The van der Waals surface area contributed by atoms with E-state index in [1.165, 1.54) is 14.0 Å². The molecule has 37 heavy (non-hydrogen) atoms. The molecule has 1 aliphatic heterocycles. The lowest BCUT2D eigenvalue weighted by Gasteiger charge is -2.32. The predicted molar refractivity (Wildman–Crippen MR) is 123 cm³/mol. The van der Waals surface area contributed by atoms with E-state index in [4.69, 9.17) is 33.2 Å². The fourth-order valence-corrected chi connectivity index (χ4v) is 3.66. The number of esters is 4. The molecule has 1 aliphatic rings. The Balaban J connectivity index is 2.39. The Labute approximate surface area is 213 Å². The highest BCUT2D eigenvalue weighted by Crippen LogP contribution is 2.32. The van der Waals surface area contributed by atoms with Gasteiger partial charge in [0, 0.05) is 27.9 Å². The molecule has 1 amide bonds. The van der Waals surface area contributed by atoms with Crippen molar-refractivity contribution < 1.29 is 57.1 Å². The fourth-order valence-electron chi connectivity index (χ4n) is 3.66. The first kappa shape index (κ1) is 29.5. The summed E-state index contributed by atoms with van der Waals surface area (Å²) in [6, 6.07) is 7.10. The average Bonchev–Trinajstić information content (AvgIpc) is 3.16. The summed E-state index contributed by atoms with van der Waals surface area (Å²) in [4.78, 5) is 61.1. The molecule has 1 N–H and O–H groups in total. The van der Waals surface area contributed by atoms with Crippen LogP contribution < -0.4 is 5.32 Å². The zero-order chi connectivity index (χ0) is 27.5. The first-order valence-corrected chi connectivity index (χ1v) is 11.4. The maximum atomic E-state index is 12.9. The Bertz CT molecular complexity index is 952. The van der Waals surface area contributed by atoms with Crippen LogP contribution in [0.15, 0.2) is 30.3 Å². The summed E-state index contributed by atoms with van der Waals surface area (Å²) in [6.07, 6.45) is -7.98. The SMILES string of the molecule is CCOC(=O)[C@@H](NC(=O)OCc1ccccc1)[C@@H](OC(C)=O)[C@H]1O[C@@H](OC)[C@@H](OC(C)=O)[C@H]1OC(C)=O. The first-order valence-electron chi connectivity index (χ1n) is 11.4. The molecule has 1 fully saturated rings. The van der Waals surface area contributed by atoms with E-state index in [2.05, 4.69) is 5.32 Å². The normalized spacial score (nSPS) is 22.2. The van der Waals surface area contributed by atoms with Gasteiger partial charge in [0.2, 0.25) is 0 Å². The van der Waals surface area contributed by atoms with Crippen LogP contribution in [-0.4, -0.2) is 80.4 Å². The molecule has 0 aliphatic carbocycles. The maximum Gasteiger partial charge on any atom is 0.408 e. The molecule has 204 valence electrons. The van der Waals surface area contributed by atoms with Gasteiger partial charge in [0.25, 0.3) is 0 Å². The third-order valence-electron chi connectivity index (χ3n) is 5.02. The number of rotatable bonds is 11. The van der Waals surface area contributed by atoms with Gasteiger partial charge in [-0.2, -0.15) is 0 Å². The van der Waals surface area contributed by atoms with Gasteiger partial charge in [0.1, 0.15) is 12.7 Å². The maximum absolute atomic E-state index is 12.9. The smallest absolute Gasteiger partial charge is 0.408 e. The Kier molecular flexibility index (Phi) is 11.3. The van der Waals surface area contributed by atoms with E-state index in [0.717, 1.165) is 20.8 Å². The van der Waals surface area contributed by atoms with Crippen LogP contribution in [0, 0.1) is 0 Å². The number of amides is 1. The fraction of sp³-hybridized carbons (Fsp3) is 0.542. The van der Waals surface area contributed by atoms with Crippen LogP contribution in [0.25, 0.3) is 0 Å². The van der Waals surface area contributed by atoms with E-state index >= 15 is 0 Å². The largest absolute Gasteiger partial charge is 0.464 e. The topological polar surface area (TPSA) is 162 Å². The van der Waals surface area contributed by atoms with Gasteiger partial charge in [0.15, 0.2) is 30.6 Å². The van der Waals surface area contributed by atoms with Gasteiger partial charge in [-0.15, -0.1) is 0 Å². The molecule has 6 atom stereocenters. The number of alkyl carbamates (subject to hydrolysis) is 1. The minimum atomic E-state index is -1.66. The summed E-state index contributed by atoms with van der Waals surface area (Å²) in [7, 11) is 1.25. The summed E-state index contributed by atoms with van der Waals surface area (Å²) in [5.41, 5.74) is 0.683. The minimum Gasteiger partial charge on any atom is -0.464 e. The molecule has 2 rings (SSSR count). The molecule has 13 heteroatoms. The molecule has 0 radical (unpaired) electrons. The van der Waals surface area contributed by atoms with Gasteiger partial charge in [0.05, 0.1) is 6.61 Å². The molecule has 0 saturated carbocycles. The van der Waals surface area contributed by atoms with Crippen molar-refractivity contribution in [1.82, 2.24) is 5.32 Å². The second-order valence-electron chi connectivity index (χ2n) is 7.86. The predicted octanol–water partition coefficient (Wildman–Crippen LogP) is 1.01. The monoisotopic (exact) mass is 525 g/mol. The molecule has 1 heterocycles. The summed E-state index contributed by atoms with van der Waals surface area (Å²) < 4.78 is 37.2. The van der Waals surface area contributed by atoms with Crippen molar-refractivity contribution in [2.45, 2.75) is 71.0 Å². The lowest BCUT2D eigenvalue weighted by molar-refractivity contribution is -0.191. The quantitative estimate of drug-likeness (QED) is 0.323. The molecular weight excluding hydrogens is 494 g/mol. The van der Waals surface area contributed by atoms with Crippen LogP contribution >= 0.6 is 0 Å². The first-order chi connectivity index (χ1) is 17.6. The summed E-state index contributed by atoms with van der Waals surface area (Å²) >= 11 is 0. The molecule has 1 aromatic carbocycles. The van der Waals surface area contributed by atoms with Crippen LogP contribution in [0.2, 0.25) is 0 Å². The van der Waals surface area contributed by atoms with Crippen LogP contribution in [0.4, 0.5) is 4.79 Å². The highest BCUT2D eigenvalue weighted by molar-refractivity contribution is 5.82. The van der Waals surface area contributed by atoms with Crippen molar-refractivity contribution >= 4 is 30.0 Å². The lowest BCUT2D eigenvalue weighted by atomic mass is 9.99. The van der Waals surface area contributed by atoms with Gasteiger partial charge in [-0.1, -0.05) is 30.3 Å². The van der Waals surface area contributed by atoms with Gasteiger partial charge in [-0.3, -0.25) is 14.4 Å². The number of hydrogen-bond acceptors (Lipinski definition) is 12. The lowest BCUT2D eigenvalue weighted by Crippen LogP contribution is -2.58. The molecule has 1 aromatic rings. The average molecular weight is 526 g/mol. The zero-order valence-electron chi connectivity index (χ0n) is 21.2. The molecule has 0 aromatic heterocycles. The Morgan fingerprint density at radius 3 is 2.08 bits per heavy atom. The van der Waals surface area contributed by atoms with Crippen LogP contribution in [0.5, 0.6) is 0 Å². The molecule has 0 unspecified atom stereocenters. The van der Waals surface area contributed by atoms with Crippen LogP contribution in [-0.2, 0) is 58.9 Å². The van der Waals surface area contributed by atoms with Crippen molar-refractivity contribution in [3.05, 3.63) is 35.9 Å². The summed E-state index contributed by atoms with van der Waals surface area (Å²) in [5.74, 6) is -3.35. The van der Waals surface area contributed by atoms with E-state index in [0.29, 0.717) is 5.56 Å². The second kappa shape index (κ2) is 14.1. The van der Waals surface area contributed by atoms with Gasteiger partial charge in [-0.25, -0.2) is 9.59 Å². The third-order valence-corrected chi connectivity index (χ3v) is 5.02. The summed E-state index contributed by atoms with van der Waals surface area (Å²) in [5, 5.41) is 2.33. The van der Waals surface area contributed by atoms with Crippen molar-refractivity contribution in [3.63, 3.8) is 0 Å². The Morgan fingerprint density at radius 1 is 0.919 bits per heavy atom. The highest BCUT2D eigenvalue weighted by Gasteiger charge is 2.56. The van der Waals surface area contributed by atoms with E-state index < -0.39 is 66.7 Å². The number of methoxy groups -OCH3 is 1. The molecule has 0 spiro atoms. The van der Waals surface area contributed by atoms with Gasteiger partial charge >= 0.3 is 30.0 Å². The number of carbonyl (C=O) groups is 5. The van der Waals surface area contributed by atoms with Gasteiger partial charge in [-0.05, 0) is 12.5 Å². The van der Waals surface area contributed by atoms with E-state index in [1.54, 1.807) is 30.3 Å². The van der Waals surface area contributed by atoms with Crippen LogP contribution in [0.1, 0.15) is 33.3 Å². The minimum absolute atomic E-state index is 0.0709. The number of ether oxygens (including phenoxy) is 7. The van der Waals surface area contributed by atoms with E-state index in [-0.39, 0.29) is 13.2 Å².